The van der Waals surface area contributed by atoms with Gasteiger partial charge in [0.1, 0.15) is 0 Å². The smallest absolute Gasteiger partial charge is 0.271 e. The van der Waals surface area contributed by atoms with Gasteiger partial charge in [-0.05, 0) is 32.0 Å². The molecule has 0 aromatic heterocycles. The number of amides is 2. The van der Waals surface area contributed by atoms with Crippen molar-refractivity contribution in [1.82, 2.24) is 4.90 Å². The number of rotatable bonds is 3. The molecule has 0 N–H and O–H groups in total. The van der Waals surface area contributed by atoms with E-state index in [0.717, 1.165) is 37.3 Å². The molecule has 2 saturated heterocycles. The van der Waals surface area contributed by atoms with Gasteiger partial charge >= 0.3 is 0 Å². The molecule has 0 bridgehead atoms. The second-order valence-electron chi connectivity index (χ2n) is 5.66. The zero-order valence-electron chi connectivity index (χ0n) is 12.1. The zero-order chi connectivity index (χ0) is 15.7. The van der Waals surface area contributed by atoms with Gasteiger partial charge in [-0.25, -0.2) is 4.90 Å². The van der Waals surface area contributed by atoms with Crippen molar-refractivity contribution < 1.29 is 14.5 Å². The molecule has 0 saturated carbocycles. The van der Waals surface area contributed by atoms with E-state index in [1.165, 1.54) is 18.2 Å². The van der Waals surface area contributed by atoms with Gasteiger partial charge < -0.3 is 0 Å². The van der Waals surface area contributed by atoms with Crippen molar-refractivity contribution in [3.8, 4) is 0 Å². The van der Waals surface area contributed by atoms with E-state index >= 15 is 0 Å². The number of anilines is 1. The van der Waals surface area contributed by atoms with Crippen molar-refractivity contribution in [3.63, 3.8) is 0 Å². The largest absolute Gasteiger partial charge is 0.292 e. The summed E-state index contributed by atoms with van der Waals surface area (Å²) in [7, 11) is 0. The molecule has 7 nitrogen and oxygen atoms in total. The lowest BCUT2D eigenvalue weighted by Crippen LogP contribution is -2.44. The maximum absolute atomic E-state index is 12.6. The topological polar surface area (TPSA) is 83.8 Å². The Kier molecular flexibility index (Phi) is 3.89. The number of imide groups is 1. The van der Waals surface area contributed by atoms with Crippen molar-refractivity contribution in [3.05, 3.63) is 34.4 Å². The first-order chi connectivity index (χ1) is 10.6. The number of hydrogen-bond donors (Lipinski definition) is 0. The highest BCUT2D eigenvalue weighted by Gasteiger charge is 2.43. The van der Waals surface area contributed by atoms with E-state index in [9.17, 15) is 19.7 Å². The normalized spacial score (nSPS) is 23.1. The minimum Gasteiger partial charge on any atom is -0.292 e. The van der Waals surface area contributed by atoms with Crippen molar-refractivity contribution in [2.24, 2.45) is 0 Å². The molecule has 3 rings (SSSR count). The van der Waals surface area contributed by atoms with Crippen LogP contribution in [0.1, 0.15) is 25.7 Å². The molecule has 2 amide bonds. The molecular formula is C15H17N3O4. The van der Waals surface area contributed by atoms with Gasteiger partial charge in [0, 0.05) is 12.1 Å². The molecular weight excluding hydrogens is 286 g/mol. The third kappa shape index (κ3) is 2.59. The van der Waals surface area contributed by atoms with Gasteiger partial charge in [-0.1, -0.05) is 12.5 Å². The Labute approximate surface area is 127 Å². The highest BCUT2D eigenvalue weighted by molar-refractivity contribution is 6.22. The summed E-state index contributed by atoms with van der Waals surface area (Å²) in [6, 6.07) is 5.24. The average molecular weight is 303 g/mol. The number of benzene rings is 1. The number of piperidine rings is 1. The molecule has 0 aliphatic carbocycles. The van der Waals surface area contributed by atoms with Crippen molar-refractivity contribution in [2.75, 3.05) is 18.0 Å². The Morgan fingerprint density at radius 2 is 1.86 bits per heavy atom. The van der Waals surface area contributed by atoms with Crippen LogP contribution in [-0.2, 0) is 9.59 Å². The Balaban J connectivity index is 1.85. The van der Waals surface area contributed by atoms with Crippen LogP contribution in [-0.4, -0.2) is 40.8 Å². The fraction of sp³-hybridized carbons (Fsp3) is 0.467. The summed E-state index contributed by atoms with van der Waals surface area (Å²) in [4.78, 5) is 38.3. The first-order valence-corrected chi connectivity index (χ1v) is 7.43. The summed E-state index contributed by atoms with van der Waals surface area (Å²) in [5.41, 5.74) is 0.156. The van der Waals surface area contributed by atoms with Gasteiger partial charge in [0.25, 0.3) is 11.6 Å². The maximum atomic E-state index is 12.6. The van der Waals surface area contributed by atoms with Gasteiger partial charge in [0.05, 0.1) is 23.1 Å². The molecule has 0 unspecified atom stereocenters. The van der Waals surface area contributed by atoms with E-state index < -0.39 is 11.0 Å². The number of likely N-dealkylation sites (tertiary alicyclic amines) is 1. The monoisotopic (exact) mass is 303 g/mol. The highest BCUT2D eigenvalue weighted by Crippen LogP contribution is 2.29. The minimum absolute atomic E-state index is 0.125. The van der Waals surface area contributed by atoms with Gasteiger partial charge in [-0.2, -0.15) is 0 Å². The van der Waals surface area contributed by atoms with Crippen molar-refractivity contribution in [2.45, 2.75) is 31.7 Å². The van der Waals surface area contributed by atoms with Gasteiger partial charge in [-0.15, -0.1) is 0 Å². The van der Waals surface area contributed by atoms with E-state index in [-0.39, 0.29) is 29.6 Å². The number of non-ortho nitro benzene ring substituents is 1. The van der Waals surface area contributed by atoms with Crippen LogP contribution in [0.5, 0.6) is 0 Å². The molecule has 7 heteroatoms. The van der Waals surface area contributed by atoms with E-state index in [2.05, 4.69) is 4.90 Å². The summed E-state index contributed by atoms with van der Waals surface area (Å²) in [6.07, 6.45) is 3.38. The van der Waals surface area contributed by atoms with Gasteiger partial charge in [0.2, 0.25) is 5.91 Å². The minimum atomic E-state index is -0.531. The molecule has 2 heterocycles. The van der Waals surface area contributed by atoms with Gasteiger partial charge in [0.15, 0.2) is 0 Å². The van der Waals surface area contributed by atoms with Gasteiger partial charge in [-0.3, -0.25) is 24.6 Å². The molecule has 1 atom stereocenters. The molecule has 116 valence electrons. The Bertz CT molecular complexity index is 625. The number of nitro groups is 1. The Morgan fingerprint density at radius 1 is 1.14 bits per heavy atom. The summed E-state index contributed by atoms with van der Waals surface area (Å²) >= 11 is 0. The maximum Gasteiger partial charge on any atom is 0.271 e. The third-order valence-corrected chi connectivity index (χ3v) is 4.25. The molecule has 0 spiro atoms. The predicted octanol–water partition coefficient (Wildman–Crippen LogP) is 1.71. The first kappa shape index (κ1) is 14.6. The zero-order valence-corrected chi connectivity index (χ0v) is 12.1. The molecule has 2 aliphatic rings. The van der Waals surface area contributed by atoms with Crippen LogP contribution in [0.25, 0.3) is 0 Å². The highest BCUT2D eigenvalue weighted by atomic mass is 16.6. The molecule has 1 aromatic carbocycles. The molecule has 2 fully saturated rings. The Hall–Kier alpha value is -2.28. The number of nitrogens with zero attached hydrogens (tertiary/aromatic N) is 3. The average Bonchev–Trinajstić information content (AvgIpc) is 2.83. The summed E-state index contributed by atoms with van der Waals surface area (Å²) < 4.78 is 0. The van der Waals surface area contributed by atoms with Crippen LogP contribution in [0, 0.1) is 10.1 Å². The van der Waals surface area contributed by atoms with Crippen LogP contribution in [0.3, 0.4) is 0 Å². The molecule has 0 radical (unpaired) electrons. The van der Waals surface area contributed by atoms with E-state index in [1.54, 1.807) is 6.07 Å². The number of nitro benzene ring substituents is 1. The lowest BCUT2D eigenvalue weighted by Gasteiger charge is -2.30. The summed E-state index contributed by atoms with van der Waals surface area (Å²) in [5.74, 6) is -0.562. The van der Waals surface area contributed by atoms with Crippen LogP contribution in [0.15, 0.2) is 24.3 Å². The van der Waals surface area contributed by atoms with Crippen LogP contribution < -0.4 is 4.90 Å². The number of hydrogen-bond acceptors (Lipinski definition) is 5. The van der Waals surface area contributed by atoms with Crippen molar-refractivity contribution >= 4 is 23.2 Å². The fourth-order valence-corrected chi connectivity index (χ4v) is 3.15. The number of carbonyl (C=O) groups is 2. The van der Waals surface area contributed by atoms with E-state index in [1.807, 2.05) is 0 Å². The van der Waals surface area contributed by atoms with E-state index in [4.69, 9.17) is 0 Å². The summed E-state index contributed by atoms with van der Waals surface area (Å²) in [6.45, 7) is 1.65. The lowest BCUT2D eigenvalue weighted by molar-refractivity contribution is -0.384. The third-order valence-electron chi connectivity index (χ3n) is 4.25. The van der Waals surface area contributed by atoms with Crippen molar-refractivity contribution in [1.29, 1.82) is 0 Å². The predicted molar refractivity (Wildman–Crippen MR) is 79.4 cm³/mol. The Morgan fingerprint density at radius 3 is 2.55 bits per heavy atom. The standard InChI is InChI=1S/C15H17N3O4/c19-14-10-13(16-7-2-1-3-8-16)15(20)17(14)11-5-4-6-12(9-11)18(21)22/h4-6,9,13H,1-3,7-8,10H2/t13-/m1/s1. The quantitative estimate of drug-likeness (QED) is 0.482. The second-order valence-corrected chi connectivity index (χ2v) is 5.66. The molecule has 2 aliphatic heterocycles. The second kappa shape index (κ2) is 5.84. The first-order valence-electron chi connectivity index (χ1n) is 7.43. The van der Waals surface area contributed by atoms with Crippen LogP contribution >= 0.6 is 0 Å². The van der Waals surface area contributed by atoms with Crippen LogP contribution in [0.4, 0.5) is 11.4 Å². The molecule has 22 heavy (non-hydrogen) atoms. The number of carbonyl (C=O) groups excluding carboxylic acids is 2. The van der Waals surface area contributed by atoms with E-state index in [0.29, 0.717) is 0 Å². The lowest BCUT2D eigenvalue weighted by atomic mass is 10.1. The SMILES string of the molecule is O=C1C[C@@H](N2CCCCC2)C(=O)N1c1cccc([N+](=O)[O-])c1. The molecule has 1 aromatic rings. The summed E-state index contributed by atoms with van der Waals surface area (Å²) in [5, 5.41) is 10.9. The fourth-order valence-electron chi connectivity index (χ4n) is 3.15. The van der Waals surface area contributed by atoms with Crippen LogP contribution in [0.2, 0.25) is 0 Å².